The second-order valence-corrected chi connectivity index (χ2v) is 7.97. The second-order valence-electron chi connectivity index (χ2n) is 7.97. The molecule has 17 heteroatoms. The summed E-state index contributed by atoms with van der Waals surface area (Å²) in [4.78, 5) is 71.0. The van der Waals surface area contributed by atoms with E-state index in [9.17, 15) is 29.1 Å². The van der Waals surface area contributed by atoms with Crippen LogP contribution in [0, 0.1) is 0 Å². The van der Waals surface area contributed by atoms with Crippen LogP contribution in [0.5, 0.6) is 0 Å². The van der Waals surface area contributed by atoms with E-state index in [1.54, 1.807) is 0 Å². The number of hydrogen-bond donors (Lipinski definition) is 10. The Morgan fingerprint density at radius 1 is 0.973 bits per heavy atom. The summed E-state index contributed by atoms with van der Waals surface area (Å²) in [5.41, 5.74) is 16.5. The smallest absolute Gasteiger partial charge is 0.326 e. The van der Waals surface area contributed by atoms with Crippen molar-refractivity contribution < 1.29 is 39.3 Å². The van der Waals surface area contributed by atoms with E-state index in [0.717, 1.165) is 0 Å². The lowest BCUT2D eigenvalue weighted by Crippen LogP contribution is -2.57. The van der Waals surface area contributed by atoms with Gasteiger partial charge in [-0.05, 0) is 19.3 Å². The van der Waals surface area contributed by atoms with Gasteiger partial charge in [-0.1, -0.05) is 0 Å². The molecule has 0 aliphatic rings. The van der Waals surface area contributed by atoms with Crippen molar-refractivity contribution in [2.24, 2.45) is 22.2 Å². The number of carbonyl (C=O) groups is 5. The number of guanidine groups is 1. The Balaban J connectivity index is 3.05. The van der Waals surface area contributed by atoms with Crippen LogP contribution in [0.4, 0.5) is 0 Å². The van der Waals surface area contributed by atoms with E-state index in [0.29, 0.717) is 5.69 Å². The largest absolute Gasteiger partial charge is 0.481 e. The average molecular weight is 528 g/mol. The molecule has 17 nitrogen and oxygen atoms in total. The molecule has 0 aromatic carbocycles. The lowest BCUT2D eigenvalue weighted by Gasteiger charge is -2.25. The first-order valence-corrected chi connectivity index (χ1v) is 11.2. The number of aromatic amines is 1. The zero-order chi connectivity index (χ0) is 28.0. The van der Waals surface area contributed by atoms with Crippen molar-refractivity contribution in [3.63, 3.8) is 0 Å². The standard InChI is InChI=1S/C20H33N9O8/c21-11(8-30)16(33)27-13(3-4-15(31)32)18(35)28-12(2-1-5-25-20(22)23)17(34)29-14(19(36)37)6-10-7-24-9-26-10/h7,9,11-14,30H,1-6,8,21H2,(H,24,26)(H,27,33)(H,28,35)(H,29,34)(H,31,32)(H,36,37)(H4,22,23,25). The number of carboxylic acids is 2. The van der Waals surface area contributed by atoms with Crippen molar-refractivity contribution in [3.05, 3.63) is 18.2 Å². The van der Waals surface area contributed by atoms with Gasteiger partial charge in [0.2, 0.25) is 17.7 Å². The van der Waals surface area contributed by atoms with E-state index >= 15 is 0 Å². The fraction of sp³-hybridized carbons (Fsp3) is 0.550. The summed E-state index contributed by atoms with van der Waals surface area (Å²) in [6, 6.07) is -5.43. The van der Waals surface area contributed by atoms with Crippen LogP contribution >= 0.6 is 0 Å². The van der Waals surface area contributed by atoms with Crippen LogP contribution in [0.15, 0.2) is 17.5 Å². The lowest BCUT2D eigenvalue weighted by molar-refractivity contribution is -0.142. The quantitative estimate of drug-likeness (QED) is 0.0523. The van der Waals surface area contributed by atoms with Gasteiger partial charge in [-0.15, -0.1) is 0 Å². The van der Waals surface area contributed by atoms with Gasteiger partial charge in [-0.2, -0.15) is 0 Å². The fourth-order valence-corrected chi connectivity index (χ4v) is 3.03. The number of aliphatic hydroxyl groups is 1. The number of aliphatic imine (C=N–C) groups is 1. The monoisotopic (exact) mass is 527 g/mol. The number of nitrogens with two attached hydrogens (primary N) is 3. The van der Waals surface area contributed by atoms with Gasteiger partial charge in [0, 0.05) is 31.3 Å². The minimum Gasteiger partial charge on any atom is -0.481 e. The van der Waals surface area contributed by atoms with Crippen molar-refractivity contribution in [2.75, 3.05) is 13.2 Å². The SMILES string of the molecule is NC(N)=NCCCC(NC(=O)C(CCC(=O)O)NC(=O)C(N)CO)C(=O)NC(Cc1cnc[nH]1)C(=O)O. The highest BCUT2D eigenvalue weighted by Crippen LogP contribution is 2.06. The lowest BCUT2D eigenvalue weighted by atomic mass is 10.1. The van der Waals surface area contributed by atoms with Crippen molar-refractivity contribution >= 4 is 35.6 Å². The Morgan fingerprint density at radius 2 is 1.57 bits per heavy atom. The van der Waals surface area contributed by atoms with Crippen molar-refractivity contribution in [3.8, 4) is 0 Å². The Hall–Kier alpha value is -4.25. The van der Waals surface area contributed by atoms with Gasteiger partial charge in [-0.3, -0.25) is 24.2 Å². The highest BCUT2D eigenvalue weighted by molar-refractivity contribution is 5.94. The maximum atomic E-state index is 13.0. The zero-order valence-corrected chi connectivity index (χ0v) is 19.9. The van der Waals surface area contributed by atoms with Crippen LogP contribution in [0.1, 0.15) is 31.4 Å². The Bertz CT molecular complexity index is 950. The summed E-state index contributed by atoms with van der Waals surface area (Å²) in [5.74, 6) is -5.44. The highest BCUT2D eigenvalue weighted by atomic mass is 16.4. The molecule has 3 amide bonds. The summed E-state index contributed by atoms with van der Waals surface area (Å²) in [5, 5.41) is 34.6. The highest BCUT2D eigenvalue weighted by Gasteiger charge is 2.30. The molecular formula is C20H33N9O8. The third-order valence-electron chi connectivity index (χ3n) is 4.99. The van der Waals surface area contributed by atoms with Crippen LogP contribution < -0.4 is 33.2 Å². The Labute approximate surface area is 211 Å². The molecule has 0 aliphatic heterocycles. The van der Waals surface area contributed by atoms with Crippen LogP contribution in [-0.2, 0) is 30.4 Å². The minimum atomic E-state index is -1.41. The van der Waals surface area contributed by atoms with Crippen molar-refractivity contribution in [2.45, 2.75) is 56.3 Å². The normalized spacial score (nSPS) is 13.9. The van der Waals surface area contributed by atoms with Gasteiger partial charge >= 0.3 is 11.9 Å². The van der Waals surface area contributed by atoms with Gasteiger partial charge in [0.25, 0.3) is 0 Å². The molecule has 0 bridgehead atoms. The number of nitrogens with one attached hydrogen (secondary N) is 4. The molecule has 0 spiro atoms. The first-order valence-electron chi connectivity index (χ1n) is 11.2. The molecule has 0 saturated heterocycles. The molecule has 4 unspecified atom stereocenters. The van der Waals surface area contributed by atoms with Gasteiger partial charge in [-0.25, -0.2) is 9.78 Å². The molecule has 1 aromatic rings. The number of rotatable bonds is 17. The number of aliphatic hydroxyl groups excluding tert-OH is 1. The molecule has 0 fully saturated rings. The van der Waals surface area contributed by atoms with Crippen LogP contribution in [-0.4, -0.2) is 98.2 Å². The molecule has 0 aliphatic carbocycles. The van der Waals surface area contributed by atoms with Gasteiger partial charge < -0.3 is 53.5 Å². The number of aliphatic carboxylic acids is 2. The number of aromatic nitrogens is 2. The zero-order valence-electron chi connectivity index (χ0n) is 19.9. The molecule has 37 heavy (non-hydrogen) atoms. The maximum Gasteiger partial charge on any atom is 0.326 e. The summed E-state index contributed by atoms with van der Waals surface area (Å²) in [6.07, 6.45) is 1.95. The van der Waals surface area contributed by atoms with E-state index in [1.807, 2.05) is 0 Å². The molecular weight excluding hydrogens is 494 g/mol. The molecule has 0 saturated carbocycles. The van der Waals surface area contributed by atoms with Crippen LogP contribution in [0.25, 0.3) is 0 Å². The summed E-state index contributed by atoms with van der Waals surface area (Å²) in [6.45, 7) is -0.620. The van der Waals surface area contributed by atoms with E-state index in [4.69, 9.17) is 27.4 Å². The number of imidazole rings is 1. The second kappa shape index (κ2) is 15.7. The number of hydrogen-bond acceptors (Lipinski definition) is 9. The predicted octanol–water partition coefficient (Wildman–Crippen LogP) is -4.27. The van der Waals surface area contributed by atoms with Gasteiger partial charge in [0.1, 0.15) is 24.2 Å². The van der Waals surface area contributed by atoms with Crippen molar-refractivity contribution in [1.82, 2.24) is 25.9 Å². The van der Waals surface area contributed by atoms with E-state index in [2.05, 4.69) is 30.9 Å². The van der Waals surface area contributed by atoms with Gasteiger partial charge in [0.05, 0.1) is 12.9 Å². The number of nitrogens with zero attached hydrogens (tertiary/aromatic N) is 2. The third kappa shape index (κ3) is 11.8. The predicted molar refractivity (Wildman–Crippen MR) is 128 cm³/mol. The van der Waals surface area contributed by atoms with E-state index < -0.39 is 66.9 Å². The fourth-order valence-electron chi connectivity index (χ4n) is 3.03. The Kier molecular flexibility index (Phi) is 13.0. The molecule has 4 atom stereocenters. The Morgan fingerprint density at radius 3 is 2.08 bits per heavy atom. The molecule has 0 radical (unpaired) electrons. The van der Waals surface area contributed by atoms with Crippen LogP contribution in [0.3, 0.4) is 0 Å². The first kappa shape index (κ1) is 30.8. The number of amides is 3. The summed E-state index contributed by atoms with van der Waals surface area (Å²) < 4.78 is 0. The summed E-state index contributed by atoms with van der Waals surface area (Å²) in [7, 11) is 0. The molecule has 1 rings (SSSR count). The summed E-state index contributed by atoms with van der Waals surface area (Å²) >= 11 is 0. The van der Waals surface area contributed by atoms with E-state index in [1.165, 1.54) is 12.5 Å². The topological polar surface area (TPSA) is 301 Å². The molecule has 13 N–H and O–H groups in total. The third-order valence-corrected chi connectivity index (χ3v) is 4.99. The van der Waals surface area contributed by atoms with Crippen molar-refractivity contribution in [1.29, 1.82) is 0 Å². The molecule has 1 aromatic heterocycles. The minimum absolute atomic E-state index is 0.0273. The van der Waals surface area contributed by atoms with Gasteiger partial charge in [0.15, 0.2) is 5.96 Å². The molecule has 1 heterocycles. The first-order chi connectivity index (χ1) is 17.4. The molecule has 206 valence electrons. The van der Waals surface area contributed by atoms with Crippen LogP contribution in [0.2, 0.25) is 0 Å². The number of carbonyl (C=O) groups excluding carboxylic acids is 3. The van der Waals surface area contributed by atoms with E-state index in [-0.39, 0.29) is 38.2 Å². The average Bonchev–Trinajstić information content (AvgIpc) is 3.35. The maximum absolute atomic E-state index is 13.0. The number of carboxylic acid groups (broad SMARTS) is 2. The number of H-pyrrole nitrogens is 1.